The summed E-state index contributed by atoms with van der Waals surface area (Å²) in [6.07, 6.45) is 2.80. The second-order valence-electron chi connectivity index (χ2n) is 6.48. The second kappa shape index (κ2) is 7.64. The predicted molar refractivity (Wildman–Crippen MR) is 103 cm³/mol. The zero-order chi connectivity index (χ0) is 19.5. The lowest BCUT2D eigenvalue weighted by Crippen LogP contribution is -2.45. The summed E-state index contributed by atoms with van der Waals surface area (Å²) in [4.78, 5) is 17.4. The highest BCUT2D eigenvalue weighted by Crippen LogP contribution is 2.31. The van der Waals surface area contributed by atoms with Gasteiger partial charge in [0.2, 0.25) is 6.10 Å². The number of rotatable bonds is 5. The van der Waals surface area contributed by atoms with Gasteiger partial charge in [0.15, 0.2) is 11.5 Å². The van der Waals surface area contributed by atoms with Crippen molar-refractivity contribution in [3.63, 3.8) is 0 Å². The van der Waals surface area contributed by atoms with Crippen molar-refractivity contribution in [2.45, 2.75) is 12.1 Å². The summed E-state index contributed by atoms with van der Waals surface area (Å²) in [6.45, 7) is 0.152. The number of carbonyl (C=O) groups is 1. The highest BCUT2D eigenvalue weighted by Gasteiger charge is 2.30. The molecule has 4 rings (SSSR count). The van der Waals surface area contributed by atoms with E-state index in [2.05, 4.69) is 10.3 Å². The third-order valence-electron chi connectivity index (χ3n) is 4.65. The van der Waals surface area contributed by atoms with E-state index in [9.17, 15) is 4.79 Å². The van der Waals surface area contributed by atoms with Gasteiger partial charge < -0.3 is 24.1 Å². The number of hydrogen-bond donors (Lipinski definition) is 1. The minimum absolute atomic E-state index is 0.152. The number of imidazole rings is 1. The zero-order valence-electron chi connectivity index (χ0n) is 15.7. The van der Waals surface area contributed by atoms with Gasteiger partial charge in [-0.15, -0.1) is 0 Å². The number of benzene rings is 2. The molecule has 1 aromatic heterocycles. The molecule has 7 nitrogen and oxygen atoms in total. The number of amides is 1. The molecule has 7 heteroatoms. The van der Waals surface area contributed by atoms with E-state index in [1.807, 2.05) is 60.3 Å². The number of para-hydroxylation sites is 2. The minimum Gasteiger partial charge on any atom is -0.497 e. The SMILES string of the molecule is COc1ccc([C@H](NC(=O)[C@H]2COc3ccccc3O2)c2nccn2C)cc1. The van der Waals surface area contributed by atoms with Gasteiger partial charge in [0, 0.05) is 19.4 Å². The van der Waals surface area contributed by atoms with E-state index in [1.165, 1.54) is 0 Å². The molecule has 1 aliphatic heterocycles. The van der Waals surface area contributed by atoms with Crippen molar-refractivity contribution < 1.29 is 19.0 Å². The number of carbonyl (C=O) groups excluding carboxylic acids is 1. The minimum atomic E-state index is -0.740. The number of nitrogens with zero attached hydrogens (tertiary/aromatic N) is 2. The highest BCUT2D eigenvalue weighted by molar-refractivity contribution is 5.82. The smallest absolute Gasteiger partial charge is 0.265 e. The summed E-state index contributed by atoms with van der Waals surface area (Å²) in [7, 11) is 3.51. The molecular formula is C21H21N3O4. The molecule has 1 aliphatic rings. The van der Waals surface area contributed by atoms with Crippen LogP contribution >= 0.6 is 0 Å². The molecule has 144 valence electrons. The lowest BCUT2D eigenvalue weighted by molar-refractivity contribution is -0.130. The molecule has 0 radical (unpaired) electrons. The Hall–Kier alpha value is -3.48. The summed E-state index contributed by atoms with van der Waals surface area (Å²) >= 11 is 0. The first-order valence-corrected chi connectivity index (χ1v) is 8.95. The number of methoxy groups -OCH3 is 1. The van der Waals surface area contributed by atoms with Crippen LogP contribution in [0.15, 0.2) is 60.9 Å². The van der Waals surface area contributed by atoms with Crippen LogP contribution in [0.1, 0.15) is 17.4 Å². The van der Waals surface area contributed by atoms with Crippen LogP contribution in [0.25, 0.3) is 0 Å². The Kier molecular flexibility index (Phi) is 4.89. The van der Waals surface area contributed by atoms with Crippen molar-refractivity contribution in [3.05, 3.63) is 72.3 Å². The molecule has 0 bridgehead atoms. The number of hydrogen-bond acceptors (Lipinski definition) is 5. The third-order valence-corrected chi connectivity index (χ3v) is 4.65. The number of aryl methyl sites for hydroxylation is 1. The summed E-state index contributed by atoms with van der Waals surface area (Å²) in [5, 5.41) is 3.05. The fourth-order valence-corrected chi connectivity index (χ4v) is 3.13. The lowest BCUT2D eigenvalue weighted by Gasteiger charge is -2.27. The molecule has 0 saturated carbocycles. The summed E-state index contributed by atoms with van der Waals surface area (Å²) < 4.78 is 18.6. The van der Waals surface area contributed by atoms with Crippen LogP contribution < -0.4 is 19.5 Å². The average Bonchev–Trinajstić information content (AvgIpc) is 3.17. The van der Waals surface area contributed by atoms with Crippen LogP contribution in [0.5, 0.6) is 17.2 Å². The van der Waals surface area contributed by atoms with E-state index < -0.39 is 12.1 Å². The standard InChI is InChI=1S/C21H21N3O4/c1-24-12-11-22-20(24)19(14-7-9-15(26-2)10-8-14)23-21(25)18-13-27-16-5-3-4-6-17(16)28-18/h3-12,18-19H,13H2,1-2H3,(H,23,25)/t18-,19+/m1/s1. The Bertz CT molecular complexity index is 968. The number of nitrogens with one attached hydrogen (secondary N) is 1. The van der Waals surface area contributed by atoms with Crippen LogP contribution in [0, 0.1) is 0 Å². The van der Waals surface area contributed by atoms with Crippen molar-refractivity contribution in [1.29, 1.82) is 0 Å². The van der Waals surface area contributed by atoms with Crippen LogP contribution in [0.3, 0.4) is 0 Å². The molecular weight excluding hydrogens is 358 g/mol. The summed E-state index contributed by atoms with van der Waals surface area (Å²) in [5.74, 6) is 2.40. The maximum atomic E-state index is 12.9. The van der Waals surface area contributed by atoms with Gasteiger partial charge in [-0.3, -0.25) is 4.79 Å². The molecule has 0 unspecified atom stereocenters. The molecule has 2 aromatic carbocycles. The van der Waals surface area contributed by atoms with Crippen LogP contribution in [0.4, 0.5) is 0 Å². The summed E-state index contributed by atoms with van der Waals surface area (Å²) in [5.41, 5.74) is 0.889. The van der Waals surface area contributed by atoms with Crippen molar-refractivity contribution in [1.82, 2.24) is 14.9 Å². The lowest BCUT2D eigenvalue weighted by atomic mass is 10.1. The van der Waals surface area contributed by atoms with E-state index in [-0.39, 0.29) is 12.5 Å². The average molecular weight is 379 g/mol. The van der Waals surface area contributed by atoms with Crippen molar-refractivity contribution >= 4 is 5.91 Å². The van der Waals surface area contributed by atoms with Crippen molar-refractivity contribution in [2.24, 2.45) is 7.05 Å². The third kappa shape index (κ3) is 3.51. The molecule has 0 aliphatic carbocycles. The van der Waals surface area contributed by atoms with Gasteiger partial charge in [-0.2, -0.15) is 0 Å². The molecule has 1 amide bonds. The van der Waals surface area contributed by atoms with E-state index in [4.69, 9.17) is 14.2 Å². The molecule has 28 heavy (non-hydrogen) atoms. The number of fused-ring (bicyclic) bond motifs is 1. The van der Waals surface area contributed by atoms with Gasteiger partial charge in [0.25, 0.3) is 5.91 Å². The first-order chi connectivity index (χ1) is 13.7. The Morgan fingerprint density at radius 3 is 2.64 bits per heavy atom. The van der Waals surface area contributed by atoms with E-state index in [1.54, 1.807) is 19.4 Å². The monoisotopic (exact) mass is 379 g/mol. The maximum absolute atomic E-state index is 12.9. The first-order valence-electron chi connectivity index (χ1n) is 8.95. The Morgan fingerprint density at radius 2 is 1.96 bits per heavy atom. The van der Waals surface area contributed by atoms with Crippen molar-refractivity contribution in [3.8, 4) is 17.2 Å². The molecule has 2 atom stereocenters. The normalized spacial score (nSPS) is 16.3. The van der Waals surface area contributed by atoms with Gasteiger partial charge in [-0.1, -0.05) is 24.3 Å². The van der Waals surface area contributed by atoms with Crippen molar-refractivity contribution in [2.75, 3.05) is 13.7 Å². The largest absolute Gasteiger partial charge is 0.497 e. The van der Waals surface area contributed by atoms with Gasteiger partial charge in [0.05, 0.1) is 7.11 Å². The second-order valence-corrected chi connectivity index (χ2v) is 6.48. The van der Waals surface area contributed by atoms with E-state index >= 15 is 0 Å². The van der Waals surface area contributed by atoms with Gasteiger partial charge in [0.1, 0.15) is 24.2 Å². The fraction of sp³-hybridized carbons (Fsp3) is 0.238. The quantitative estimate of drug-likeness (QED) is 0.737. The molecule has 2 heterocycles. The molecule has 3 aromatic rings. The van der Waals surface area contributed by atoms with Gasteiger partial charge in [-0.05, 0) is 29.8 Å². The molecule has 0 fully saturated rings. The van der Waals surface area contributed by atoms with E-state index in [0.717, 1.165) is 17.1 Å². The maximum Gasteiger partial charge on any atom is 0.265 e. The van der Waals surface area contributed by atoms with Gasteiger partial charge >= 0.3 is 0 Å². The fourth-order valence-electron chi connectivity index (χ4n) is 3.13. The Balaban J connectivity index is 1.57. The van der Waals surface area contributed by atoms with Crippen LogP contribution in [-0.4, -0.2) is 35.3 Å². The Labute approximate surface area is 162 Å². The predicted octanol–water partition coefficient (Wildman–Crippen LogP) is 2.47. The van der Waals surface area contributed by atoms with Crippen LogP contribution in [0.2, 0.25) is 0 Å². The van der Waals surface area contributed by atoms with Crippen LogP contribution in [-0.2, 0) is 11.8 Å². The molecule has 0 spiro atoms. The zero-order valence-corrected chi connectivity index (χ0v) is 15.7. The van der Waals surface area contributed by atoms with Gasteiger partial charge in [-0.25, -0.2) is 4.98 Å². The highest BCUT2D eigenvalue weighted by atomic mass is 16.6. The molecule has 0 saturated heterocycles. The molecule has 1 N–H and O–H groups in total. The Morgan fingerprint density at radius 1 is 1.21 bits per heavy atom. The summed E-state index contributed by atoms with van der Waals surface area (Å²) in [6, 6.07) is 14.4. The topological polar surface area (TPSA) is 74.6 Å². The number of aromatic nitrogens is 2. The first kappa shape index (κ1) is 17.9. The number of ether oxygens (including phenoxy) is 3. The van der Waals surface area contributed by atoms with E-state index in [0.29, 0.717) is 11.5 Å².